The van der Waals surface area contributed by atoms with E-state index in [-0.39, 0.29) is 0 Å². The number of aromatic amines is 2. The number of hydrogen-bond acceptors (Lipinski definition) is 3. The molecular weight excluding hydrogens is 472 g/mol. The van der Waals surface area contributed by atoms with Crippen LogP contribution in [-0.4, -0.2) is 19.9 Å². The number of benzene rings is 4. The van der Waals surface area contributed by atoms with Gasteiger partial charge in [0.05, 0.1) is 34.3 Å². The maximum absolute atomic E-state index is 5.00. The molecule has 0 saturated carbocycles. The number of hydrogen-bond donors (Lipinski definition) is 2. The average Bonchev–Trinajstić information content (AvgIpc) is 3.60. The summed E-state index contributed by atoms with van der Waals surface area (Å²) in [7, 11) is 0. The van der Waals surface area contributed by atoms with Gasteiger partial charge in [0.2, 0.25) is 0 Å². The standard InChI is InChI=1S/C32H26N4S/c1-5-13-23(14-6-1)29-30(24-15-7-2-8-16-24)34-27(33-29)21-37-22-28-35-31(25-17-9-3-10-18-25)32(36-28)26-19-11-4-12-20-26/h1-20H,21-22H2,(H,33,34)(H,35,36). The molecule has 4 aromatic carbocycles. The second-order valence-corrected chi connectivity index (χ2v) is 9.76. The van der Waals surface area contributed by atoms with Gasteiger partial charge in [-0.1, -0.05) is 121 Å². The molecule has 180 valence electrons. The van der Waals surface area contributed by atoms with Crippen LogP contribution >= 0.6 is 11.8 Å². The first kappa shape index (κ1) is 23.1. The SMILES string of the molecule is c1ccc(-c2nc(CSCc3nc(-c4ccccc4)c(-c4ccccc4)[nH]3)[nH]c2-c2ccccc2)cc1. The Hall–Kier alpha value is -4.35. The maximum Gasteiger partial charge on any atom is 0.117 e. The van der Waals surface area contributed by atoms with Gasteiger partial charge in [0, 0.05) is 22.3 Å². The van der Waals surface area contributed by atoms with Crippen molar-refractivity contribution in [2.45, 2.75) is 11.5 Å². The summed E-state index contributed by atoms with van der Waals surface area (Å²) < 4.78 is 0. The van der Waals surface area contributed by atoms with Crippen molar-refractivity contribution in [1.82, 2.24) is 19.9 Å². The monoisotopic (exact) mass is 498 g/mol. The minimum absolute atomic E-state index is 0.759. The Labute approximate surface area is 220 Å². The molecule has 0 aliphatic carbocycles. The van der Waals surface area contributed by atoms with Crippen LogP contribution in [0.25, 0.3) is 45.0 Å². The number of aromatic nitrogens is 4. The molecule has 4 nitrogen and oxygen atoms in total. The third kappa shape index (κ3) is 5.13. The fourth-order valence-electron chi connectivity index (χ4n) is 4.46. The quantitative estimate of drug-likeness (QED) is 0.222. The fourth-order valence-corrected chi connectivity index (χ4v) is 5.23. The molecule has 5 heteroatoms. The Morgan fingerprint density at radius 2 is 0.757 bits per heavy atom. The lowest BCUT2D eigenvalue weighted by Crippen LogP contribution is -1.88. The molecule has 6 aromatic rings. The number of H-pyrrole nitrogens is 2. The van der Waals surface area contributed by atoms with Crippen LogP contribution in [0.3, 0.4) is 0 Å². The highest BCUT2D eigenvalue weighted by atomic mass is 32.2. The number of thioether (sulfide) groups is 1. The van der Waals surface area contributed by atoms with Crippen molar-refractivity contribution < 1.29 is 0 Å². The molecule has 0 spiro atoms. The van der Waals surface area contributed by atoms with Gasteiger partial charge in [-0.15, -0.1) is 11.8 Å². The molecule has 0 bridgehead atoms. The highest BCUT2D eigenvalue weighted by Crippen LogP contribution is 2.33. The Morgan fingerprint density at radius 3 is 1.11 bits per heavy atom. The van der Waals surface area contributed by atoms with Crippen LogP contribution in [-0.2, 0) is 11.5 Å². The van der Waals surface area contributed by atoms with Crippen molar-refractivity contribution in [3.63, 3.8) is 0 Å². The van der Waals surface area contributed by atoms with Crippen LogP contribution in [0, 0.1) is 0 Å². The molecule has 0 saturated heterocycles. The third-order valence-corrected chi connectivity index (χ3v) is 7.16. The molecule has 2 aromatic heterocycles. The summed E-state index contributed by atoms with van der Waals surface area (Å²) in [6.45, 7) is 0. The van der Waals surface area contributed by atoms with E-state index in [0.29, 0.717) is 0 Å². The van der Waals surface area contributed by atoms with Crippen molar-refractivity contribution in [3.8, 4) is 45.0 Å². The summed E-state index contributed by atoms with van der Waals surface area (Å²) in [5, 5.41) is 0. The lowest BCUT2D eigenvalue weighted by Gasteiger charge is -2.02. The summed E-state index contributed by atoms with van der Waals surface area (Å²) >= 11 is 1.80. The van der Waals surface area contributed by atoms with Crippen molar-refractivity contribution >= 4 is 11.8 Å². The number of rotatable bonds is 8. The van der Waals surface area contributed by atoms with Crippen LogP contribution in [0.2, 0.25) is 0 Å². The van der Waals surface area contributed by atoms with E-state index in [2.05, 4.69) is 107 Å². The molecule has 2 N–H and O–H groups in total. The van der Waals surface area contributed by atoms with E-state index in [1.165, 1.54) is 0 Å². The molecule has 0 fully saturated rings. The Morgan fingerprint density at radius 1 is 0.432 bits per heavy atom. The van der Waals surface area contributed by atoms with E-state index in [4.69, 9.17) is 9.97 Å². The zero-order valence-corrected chi connectivity index (χ0v) is 21.1. The second-order valence-electron chi connectivity index (χ2n) is 8.77. The van der Waals surface area contributed by atoms with Crippen molar-refractivity contribution in [1.29, 1.82) is 0 Å². The van der Waals surface area contributed by atoms with Crippen LogP contribution in [0.15, 0.2) is 121 Å². The molecule has 0 aliphatic heterocycles. The van der Waals surface area contributed by atoms with Gasteiger partial charge in [-0.3, -0.25) is 0 Å². The van der Waals surface area contributed by atoms with E-state index in [1.54, 1.807) is 11.8 Å². The summed E-state index contributed by atoms with van der Waals surface area (Å²) in [5.74, 6) is 3.44. The van der Waals surface area contributed by atoms with E-state index in [0.717, 1.165) is 68.2 Å². The normalized spacial score (nSPS) is 11.0. The largest absolute Gasteiger partial charge is 0.341 e. The molecule has 0 radical (unpaired) electrons. The van der Waals surface area contributed by atoms with Gasteiger partial charge in [0.15, 0.2) is 0 Å². The minimum Gasteiger partial charge on any atom is -0.341 e. The lowest BCUT2D eigenvalue weighted by atomic mass is 10.1. The van der Waals surface area contributed by atoms with Gasteiger partial charge < -0.3 is 9.97 Å². The van der Waals surface area contributed by atoms with Gasteiger partial charge in [-0.2, -0.15) is 0 Å². The zero-order valence-electron chi connectivity index (χ0n) is 20.3. The van der Waals surface area contributed by atoms with E-state index >= 15 is 0 Å². The van der Waals surface area contributed by atoms with E-state index < -0.39 is 0 Å². The smallest absolute Gasteiger partial charge is 0.117 e. The molecule has 2 heterocycles. The van der Waals surface area contributed by atoms with Gasteiger partial charge in [0.1, 0.15) is 11.6 Å². The van der Waals surface area contributed by atoms with E-state index in [1.807, 2.05) is 24.3 Å². The van der Waals surface area contributed by atoms with Gasteiger partial charge >= 0.3 is 0 Å². The predicted molar refractivity (Wildman–Crippen MR) is 154 cm³/mol. The Bertz CT molecular complexity index is 1340. The molecule has 0 atom stereocenters. The number of nitrogens with one attached hydrogen (secondary N) is 2. The first-order valence-electron chi connectivity index (χ1n) is 12.3. The molecule has 0 aliphatic rings. The van der Waals surface area contributed by atoms with Crippen molar-refractivity contribution in [2.75, 3.05) is 0 Å². The second kappa shape index (κ2) is 10.7. The zero-order chi connectivity index (χ0) is 24.9. The summed E-state index contributed by atoms with van der Waals surface area (Å²) in [5.41, 5.74) is 8.57. The molecule has 6 rings (SSSR count). The van der Waals surface area contributed by atoms with Crippen LogP contribution in [0.1, 0.15) is 11.6 Å². The molecule has 0 amide bonds. The Balaban J connectivity index is 1.25. The Kier molecular flexibility index (Phi) is 6.69. The first-order valence-corrected chi connectivity index (χ1v) is 13.5. The van der Waals surface area contributed by atoms with Gasteiger partial charge in [-0.25, -0.2) is 9.97 Å². The van der Waals surface area contributed by atoms with Crippen LogP contribution in [0.5, 0.6) is 0 Å². The average molecular weight is 499 g/mol. The molecule has 0 unspecified atom stereocenters. The predicted octanol–water partition coefficient (Wildman–Crippen LogP) is 8.23. The maximum atomic E-state index is 5.00. The van der Waals surface area contributed by atoms with Gasteiger partial charge in [-0.05, 0) is 0 Å². The minimum atomic E-state index is 0.759. The number of nitrogens with zero attached hydrogens (tertiary/aromatic N) is 2. The highest BCUT2D eigenvalue weighted by Gasteiger charge is 2.16. The summed E-state index contributed by atoms with van der Waals surface area (Å²) in [6, 6.07) is 41.5. The lowest BCUT2D eigenvalue weighted by molar-refractivity contribution is 1.10. The van der Waals surface area contributed by atoms with Crippen LogP contribution in [0.4, 0.5) is 0 Å². The fraction of sp³-hybridized carbons (Fsp3) is 0.0625. The molecule has 37 heavy (non-hydrogen) atoms. The van der Waals surface area contributed by atoms with Crippen LogP contribution < -0.4 is 0 Å². The van der Waals surface area contributed by atoms with Crippen molar-refractivity contribution in [2.24, 2.45) is 0 Å². The van der Waals surface area contributed by atoms with Gasteiger partial charge in [0.25, 0.3) is 0 Å². The highest BCUT2D eigenvalue weighted by molar-refractivity contribution is 7.97. The topological polar surface area (TPSA) is 57.4 Å². The van der Waals surface area contributed by atoms with Crippen molar-refractivity contribution in [3.05, 3.63) is 133 Å². The number of imidazole rings is 2. The molecular formula is C32H26N4S. The summed E-state index contributed by atoms with van der Waals surface area (Å²) in [6.07, 6.45) is 0. The third-order valence-electron chi connectivity index (χ3n) is 6.20. The first-order chi connectivity index (χ1) is 18.3. The summed E-state index contributed by atoms with van der Waals surface area (Å²) in [4.78, 5) is 17.2. The van der Waals surface area contributed by atoms with E-state index in [9.17, 15) is 0 Å².